The molecule has 0 aliphatic carbocycles. The molecule has 20 heavy (non-hydrogen) atoms. The number of thioether (sulfide) groups is 1. The molecule has 2 N–H and O–H groups in total. The quantitative estimate of drug-likeness (QED) is 0.810. The maximum Gasteiger partial charge on any atom is 0.261 e. The number of ether oxygens (including phenoxy) is 1. The lowest BCUT2D eigenvalue weighted by atomic mass is 10.2. The first kappa shape index (κ1) is 17.1. The number of halogens is 1. The molecule has 0 radical (unpaired) electrons. The topological polar surface area (TPSA) is 58.6 Å². The van der Waals surface area contributed by atoms with E-state index in [0.29, 0.717) is 10.8 Å². The molecule has 0 bridgehead atoms. The van der Waals surface area contributed by atoms with Crippen LogP contribution in [0, 0.1) is 0 Å². The van der Waals surface area contributed by atoms with Gasteiger partial charge in [-0.1, -0.05) is 23.7 Å². The average molecular weight is 318 g/mol. The van der Waals surface area contributed by atoms with Gasteiger partial charge in [0, 0.05) is 11.3 Å². The minimum absolute atomic E-state index is 0.0162. The Morgan fingerprint density at radius 1 is 1.45 bits per heavy atom. The highest BCUT2D eigenvalue weighted by Crippen LogP contribution is 2.24. The number of nitrogens with one attached hydrogen (secondary N) is 1. The van der Waals surface area contributed by atoms with Crippen molar-refractivity contribution in [3.63, 3.8) is 0 Å². The maximum atomic E-state index is 12.0. The highest BCUT2D eigenvalue weighted by Gasteiger charge is 2.22. The Morgan fingerprint density at radius 2 is 2.10 bits per heavy atom. The Morgan fingerprint density at radius 3 is 2.65 bits per heavy atom. The maximum absolute atomic E-state index is 12.0. The Bertz CT molecular complexity index is 440. The van der Waals surface area contributed by atoms with Gasteiger partial charge in [-0.2, -0.15) is 11.8 Å². The normalized spacial score (nSPS) is 15.2. The van der Waals surface area contributed by atoms with Crippen LogP contribution in [-0.2, 0) is 4.79 Å². The summed E-state index contributed by atoms with van der Waals surface area (Å²) >= 11 is 7.49. The third-order valence-corrected chi connectivity index (χ3v) is 4.39. The molecule has 3 atom stereocenters. The van der Waals surface area contributed by atoms with Gasteiger partial charge in [0.05, 0.1) is 11.6 Å². The van der Waals surface area contributed by atoms with E-state index in [1.165, 1.54) is 11.8 Å². The smallest absolute Gasteiger partial charge is 0.261 e. The van der Waals surface area contributed by atoms with E-state index in [1.54, 1.807) is 31.2 Å². The van der Waals surface area contributed by atoms with E-state index < -0.39 is 6.10 Å². The number of carbonyl (C=O) groups excluding carboxylic acids is 1. The van der Waals surface area contributed by atoms with Gasteiger partial charge in [-0.05, 0) is 32.2 Å². The van der Waals surface area contributed by atoms with Gasteiger partial charge in [-0.25, -0.2) is 0 Å². The molecule has 1 aromatic carbocycles. The molecular formula is C14H20ClNO3S. The molecule has 0 heterocycles. The van der Waals surface area contributed by atoms with Gasteiger partial charge in [0.25, 0.3) is 5.91 Å². The van der Waals surface area contributed by atoms with Crippen LogP contribution in [0.25, 0.3) is 0 Å². The molecular weight excluding hydrogens is 298 g/mol. The van der Waals surface area contributed by atoms with Crippen molar-refractivity contribution in [2.45, 2.75) is 31.2 Å². The van der Waals surface area contributed by atoms with Crippen LogP contribution < -0.4 is 10.1 Å². The summed E-state index contributed by atoms with van der Waals surface area (Å²) in [5.41, 5.74) is 0. The third-order valence-electron chi connectivity index (χ3n) is 2.92. The van der Waals surface area contributed by atoms with Crippen molar-refractivity contribution in [1.82, 2.24) is 5.32 Å². The summed E-state index contributed by atoms with van der Waals surface area (Å²) in [4.78, 5) is 12.0. The van der Waals surface area contributed by atoms with E-state index in [0.717, 1.165) is 0 Å². The second kappa shape index (κ2) is 8.39. The van der Waals surface area contributed by atoms with Gasteiger partial charge in [0.2, 0.25) is 0 Å². The number of amides is 1. The highest BCUT2D eigenvalue weighted by atomic mass is 35.5. The standard InChI is InChI=1S/C14H20ClNO3S/c1-9(13(8-17)20-3)16-14(18)10(2)19-12-7-5-4-6-11(12)15/h4-7,9-10,13,17H,8H2,1-3H3,(H,16,18). The minimum Gasteiger partial charge on any atom is -0.479 e. The monoisotopic (exact) mass is 317 g/mol. The van der Waals surface area contributed by atoms with Crippen LogP contribution in [0.3, 0.4) is 0 Å². The molecule has 1 rings (SSSR count). The van der Waals surface area contributed by atoms with E-state index in [2.05, 4.69) is 5.32 Å². The van der Waals surface area contributed by atoms with Crippen molar-refractivity contribution in [2.75, 3.05) is 12.9 Å². The fourth-order valence-electron chi connectivity index (χ4n) is 1.66. The number of aliphatic hydroxyl groups excluding tert-OH is 1. The first-order chi connectivity index (χ1) is 9.49. The fraction of sp³-hybridized carbons (Fsp3) is 0.500. The molecule has 0 saturated carbocycles. The second-order valence-corrected chi connectivity index (χ2v) is 5.93. The number of rotatable bonds is 7. The number of carbonyl (C=O) groups is 1. The van der Waals surface area contributed by atoms with Crippen LogP contribution in [0.4, 0.5) is 0 Å². The van der Waals surface area contributed by atoms with Crippen molar-refractivity contribution in [1.29, 1.82) is 0 Å². The summed E-state index contributed by atoms with van der Waals surface area (Å²) in [6.45, 7) is 3.54. The summed E-state index contributed by atoms with van der Waals surface area (Å²) < 4.78 is 5.54. The van der Waals surface area contributed by atoms with Gasteiger partial charge in [0.1, 0.15) is 5.75 Å². The van der Waals surface area contributed by atoms with Crippen molar-refractivity contribution < 1.29 is 14.6 Å². The average Bonchev–Trinajstić information content (AvgIpc) is 2.42. The molecule has 6 heteroatoms. The Balaban J connectivity index is 2.57. The van der Waals surface area contributed by atoms with Crippen molar-refractivity contribution >= 4 is 29.3 Å². The first-order valence-corrected chi connectivity index (χ1v) is 8.01. The number of hydrogen-bond acceptors (Lipinski definition) is 4. The van der Waals surface area contributed by atoms with Gasteiger partial charge in [-0.15, -0.1) is 0 Å². The second-order valence-electron chi connectivity index (χ2n) is 4.44. The van der Waals surface area contributed by atoms with Gasteiger partial charge in [-0.3, -0.25) is 4.79 Å². The zero-order valence-corrected chi connectivity index (χ0v) is 13.4. The largest absolute Gasteiger partial charge is 0.479 e. The lowest BCUT2D eigenvalue weighted by Gasteiger charge is -2.23. The number of benzene rings is 1. The fourth-order valence-corrected chi connectivity index (χ4v) is 2.46. The van der Waals surface area contributed by atoms with Crippen molar-refractivity contribution in [2.24, 2.45) is 0 Å². The molecule has 0 spiro atoms. The zero-order valence-electron chi connectivity index (χ0n) is 11.8. The molecule has 3 unspecified atom stereocenters. The molecule has 0 aliphatic heterocycles. The molecule has 0 saturated heterocycles. The summed E-state index contributed by atoms with van der Waals surface area (Å²) in [7, 11) is 0. The van der Waals surface area contributed by atoms with Gasteiger partial charge in [0.15, 0.2) is 6.10 Å². The zero-order chi connectivity index (χ0) is 15.1. The van der Waals surface area contributed by atoms with E-state index in [4.69, 9.17) is 16.3 Å². The van der Waals surface area contributed by atoms with Gasteiger partial charge >= 0.3 is 0 Å². The first-order valence-electron chi connectivity index (χ1n) is 6.34. The van der Waals surface area contributed by atoms with E-state index in [-0.39, 0.29) is 23.8 Å². The number of para-hydroxylation sites is 1. The van der Waals surface area contributed by atoms with Crippen LogP contribution in [0.5, 0.6) is 5.75 Å². The molecule has 0 aliphatic rings. The summed E-state index contributed by atoms with van der Waals surface area (Å²) in [5.74, 6) is 0.248. The predicted octanol–water partition coefficient (Wildman–Crippen LogP) is 2.34. The third kappa shape index (κ3) is 4.89. The summed E-state index contributed by atoms with van der Waals surface area (Å²) in [6.07, 6.45) is 1.24. The predicted molar refractivity (Wildman–Crippen MR) is 83.5 cm³/mol. The number of hydrogen-bond donors (Lipinski definition) is 2. The van der Waals surface area contributed by atoms with Crippen LogP contribution in [0.15, 0.2) is 24.3 Å². The Kier molecular flexibility index (Phi) is 7.19. The molecule has 1 aromatic rings. The van der Waals surface area contributed by atoms with Crippen LogP contribution in [0.2, 0.25) is 5.02 Å². The van der Waals surface area contributed by atoms with Crippen molar-refractivity contribution in [3.05, 3.63) is 29.3 Å². The van der Waals surface area contributed by atoms with Gasteiger partial charge < -0.3 is 15.2 Å². The van der Waals surface area contributed by atoms with Crippen LogP contribution in [-0.4, -0.2) is 41.3 Å². The molecule has 4 nitrogen and oxygen atoms in total. The molecule has 1 amide bonds. The molecule has 0 aromatic heterocycles. The van der Waals surface area contributed by atoms with Crippen LogP contribution >= 0.6 is 23.4 Å². The minimum atomic E-state index is -0.654. The molecule has 0 fully saturated rings. The SMILES string of the molecule is CSC(CO)C(C)NC(=O)C(C)Oc1ccccc1Cl. The van der Waals surface area contributed by atoms with Crippen molar-refractivity contribution in [3.8, 4) is 5.75 Å². The van der Waals surface area contributed by atoms with E-state index in [1.807, 2.05) is 13.2 Å². The lowest BCUT2D eigenvalue weighted by molar-refractivity contribution is -0.127. The summed E-state index contributed by atoms with van der Waals surface area (Å²) in [6, 6.07) is 6.88. The summed E-state index contributed by atoms with van der Waals surface area (Å²) in [5, 5.41) is 12.5. The van der Waals surface area contributed by atoms with E-state index >= 15 is 0 Å². The van der Waals surface area contributed by atoms with Crippen LogP contribution in [0.1, 0.15) is 13.8 Å². The number of aliphatic hydroxyl groups is 1. The highest BCUT2D eigenvalue weighted by molar-refractivity contribution is 7.99. The van der Waals surface area contributed by atoms with E-state index in [9.17, 15) is 9.90 Å². The Labute approximate surface area is 128 Å². The lowest BCUT2D eigenvalue weighted by Crippen LogP contribution is -2.46. The molecule has 112 valence electrons. The Hall–Kier alpha value is -0.910.